The van der Waals surface area contributed by atoms with E-state index in [1.165, 1.54) is 0 Å². The molecule has 2 aliphatic heterocycles. The first kappa shape index (κ1) is 26.0. The minimum Gasteiger partial charge on any atom is -0.394 e. The number of carbonyl (C=O) groups excluding carboxylic acids is 1. The van der Waals surface area contributed by atoms with E-state index in [1.54, 1.807) is 23.1 Å². The van der Waals surface area contributed by atoms with Gasteiger partial charge < -0.3 is 15.3 Å². The Labute approximate surface area is 218 Å². The van der Waals surface area contributed by atoms with Crippen molar-refractivity contribution in [2.24, 2.45) is 5.41 Å². The summed E-state index contributed by atoms with van der Waals surface area (Å²) >= 11 is 12.6. The van der Waals surface area contributed by atoms with Crippen LogP contribution in [-0.4, -0.2) is 47.2 Å². The summed E-state index contributed by atoms with van der Waals surface area (Å²) in [7, 11) is 0. The maximum Gasteiger partial charge on any atom is 0.240 e. The van der Waals surface area contributed by atoms with Crippen LogP contribution >= 0.6 is 23.2 Å². The van der Waals surface area contributed by atoms with Crippen LogP contribution in [0.15, 0.2) is 48.5 Å². The number of likely N-dealkylation sites (tertiary alicyclic amines) is 1. The summed E-state index contributed by atoms with van der Waals surface area (Å²) in [6.07, 6.45) is 2.33. The van der Waals surface area contributed by atoms with Crippen LogP contribution in [0.25, 0.3) is 0 Å². The van der Waals surface area contributed by atoms with Gasteiger partial charge >= 0.3 is 0 Å². The zero-order valence-corrected chi connectivity index (χ0v) is 22.0. The Morgan fingerprint density at radius 3 is 2.51 bits per heavy atom. The molecule has 186 valence electrons. The zero-order chi connectivity index (χ0) is 25.4. The molecule has 2 aromatic carbocycles. The fourth-order valence-electron chi connectivity index (χ4n) is 5.94. The smallest absolute Gasteiger partial charge is 0.240 e. The molecule has 2 fully saturated rings. The van der Waals surface area contributed by atoms with E-state index in [0.29, 0.717) is 23.0 Å². The molecule has 0 saturated carbocycles. The van der Waals surface area contributed by atoms with Gasteiger partial charge in [-0.25, -0.2) is 0 Å². The topological polar surface area (TPSA) is 76.4 Å². The highest BCUT2D eigenvalue weighted by atomic mass is 35.5. The van der Waals surface area contributed by atoms with Crippen molar-refractivity contribution in [2.45, 2.75) is 69.5 Å². The Balaban J connectivity index is 1.92. The number of hydrogen-bond donors (Lipinski definition) is 2. The Morgan fingerprint density at radius 2 is 1.91 bits per heavy atom. The number of aliphatic hydroxyl groups is 1. The predicted octanol–water partition coefficient (Wildman–Crippen LogP) is 5.30. The molecule has 5 unspecified atom stereocenters. The van der Waals surface area contributed by atoms with E-state index in [0.717, 1.165) is 24.0 Å². The molecule has 0 spiro atoms. The first-order valence-corrected chi connectivity index (χ1v) is 13.0. The summed E-state index contributed by atoms with van der Waals surface area (Å²) in [5.41, 5.74) is 0.546. The zero-order valence-electron chi connectivity index (χ0n) is 20.5. The molecule has 2 aromatic rings. The van der Waals surface area contributed by atoms with Crippen molar-refractivity contribution < 1.29 is 9.90 Å². The summed E-state index contributed by atoms with van der Waals surface area (Å²) in [4.78, 5) is 15.9. The standard InChI is InChI=1S/C28H33Cl2N3O2/c1-27(2,3)15-23-28(17-31,19-9-11-20(29)12-10-19)24(18-6-4-7-21(30)14-18)25(32-23)26(35)33-13-5-8-22(33)16-34/h4,6-7,9-12,14,22-25,32,34H,5,8,13,15-16H2,1-3H3. The normalized spacial score (nSPS) is 28.8. The molecule has 7 heteroatoms. The predicted molar refractivity (Wildman–Crippen MR) is 140 cm³/mol. The third-order valence-corrected chi connectivity index (χ3v) is 7.91. The molecular weight excluding hydrogens is 481 g/mol. The lowest BCUT2D eigenvalue weighted by Crippen LogP contribution is -2.49. The van der Waals surface area contributed by atoms with Gasteiger partial charge in [-0.15, -0.1) is 0 Å². The van der Waals surface area contributed by atoms with Crippen molar-refractivity contribution in [2.75, 3.05) is 13.2 Å². The lowest BCUT2D eigenvalue weighted by molar-refractivity contribution is -0.135. The minimum atomic E-state index is -1.03. The van der Waals surface area contributed by atoms with Crippen LogP contribution in [0, 0.1) is 16.7 Å². The van der Waals surface area contributed by atoms with Crippen LogP contribution in [-0.2, 0) is 10.2 Å². The van der Waals surface area contributed by atoms with Gasteiger partial charge in [-0.3, -0.25) is 4.79 Å². The van der Waals surface area contributed by atoms with Crippen LogP contribution in [0.2, 0.25) is 10.0 Å². The molecule has 0 bridgehead atoms. The summed E-state index contributed by atoms with van der Waals surface area (Å²) < 4.78 is 0. The number of amides is 1. The molecule has 2 aliphatic rings. The average molecular weight is 514 g/mol. The van der Waals surface area contributed by atoms with E-state index in [-0.39, 0.29) is 30.0 Å². The van der Waals surface area contributed by atoms with Crippen LogP contribution < -0.4 is 5.32 Å². The van der Waals surface area contributed by atoms with Crippen LogP contribution in [0.5, 0.6) is 0 Å². The van der Waals surface area contributed by atoms with Crippen molar-refractivity contribution in [3.8, 4) is 6.07 Å². The van der Waals surface area contributed by atoms with E-state index in [1.807, 2.05) is 30.3 Å². The van der Waals surface area contributed by atoms with Gasteiger partial charge in [-0.05, 0) is 60.1 Å². The summed E-state index contributed by atoms with van der Waals surface area (Å²) in [6, 6.07) is 16.5. The Hall–Kier alpha value is -2.10. The number of nitrogens with one attached hydrogen (secondary N) is 1. The second-order valence-corrected chi connectivity index (χ2v) is 11.9. The SMILES string of the molecule is CC(C)(C)CC1NC(C(=O)N2CCCC2CO)C(c2cccc(Cl)c2)C1(C#N)c1ccc(Cl)cc1. The van der Waals surface area contributed by atoms with Gasteiger partial charge in [0.15, 0.2) is 0 Å². The lowest BCUT2D eigenvalue weighted by atomic mass is 9.63. The van der Waals surface area contributed by atoms with Gasteiger partial charge in [0.05, 0.1) is 24.8 Å². The molecule has 2 saturated heterocycles. The minimum absolute atomic E-state index is 0.0632. The van der Waals surface area contributed by atoms with Crippen LogP contribution in [0.1, 0.15) is 57.1 Å². The summed E-state index contributed by atoms with van der Waals surface area (Å²) in [5.74, 6) is -0.552. The third kappa shape index (κ3) is 4.95. The lowest BCUT2D eigenvalue weighted by Gasteiger charge is -2.37. The van der Waals surface area contributed by atoms with Crippen LogP contribution in [0.4, 0.5) is 0 Å². The van der Waals surface area contributed by atoms with Gasteiger partial charge in [-0.2, -0.15) is 5.26 Å². The average Bonchev–Trinajstić information content (AvgIpc) is 3.41. The molecule has 5 nitrogen and oxygen atoms in total. The molecule has 5 atom stereocenters. The molecule has 0 aliphatic carbocycles. The van der Waals surface area contributed by atoms with E-state index in [4.69, 9.17) is 23.2 Å². The van der Waals surface area contributed by atoms with Crippen LogP contribution in [0.3, 0.4) is 0 Å². The third-order valence-electron chi connectivity index (χ3n) is 7.42. The van der Waals surface area contributed by atoms with Crippen molar-refractivity contribution in [3.05, 3.63) is 69.7 Å². The first-order valence-electron chi connectivity index (χ1n) is 12.2. The monoisotopic (exact) mass is 513 g/mol. The van der Waals surface area contributed by atoms with Crippen molar-refractivity contribution >= 4 is 29.1 Å². The highest BCUT2D eigenvalue weighted by molar-refractivity contribution is 6.30. The fourth-order valence-corrected chi connectivity index (χ4v) is 6.26. The number of nitriles is 1. The molecular formula is C28H33Cl2N3O2. The maximum atomic E-state index is 14.1. The number of nitrogens with zero attached hydrogens (tertiary/aromatic N) is 2. The van der Waals surface area contributed by atoms with Crippen molar-refractivity contribution in [1.29, 1.82) is 5.26 Å². The number of halogens is 2. The summed E-state index contributed by atoms with van der Waals surface area (Å²) in [6.45, 7) is 6.97. The van der Waals surface area contributed by atoms with E-state index >= 15 is 0 Å². The first-order chi connectivity index (χ1) is 16.6. The number of carbonyl (C=O) groups is 1. The number of benzene rings is 2. The quantitative estimate of drug-likeness (QED) is 0.568. The molecule has 0 radical (unpaired) electrons. The van der Waals surface area contributed by atoms with E-state index in [2.05, 4.69) is 32.2 Å². The molecule has 0 aromatic heterocycles. The molecule has 2 heterocycles. The molecule has 4 rings (SSSR count). The van der Waals surface area contributed by atoms with E-state index < -0.39 is 17.4 Å². The highest BCUT2D eigenvalue weighted by Gasteiger charge is 2.60. The number of rotatable bonds is 5. The van der Waals surface area contributed by atoms with Crippen molar-refractivity contribution in [3.63, 3.8) is 0 Å². The van der Waals surface area contributed by atoms with Gasteiger partial charge in [0, 0.05) is 28.5 Å². The van der Waals surface area contributed by atoms with Gasteiger partial charge in [-0.1, -0.05) is 68.2 Å². The second-order valence-electron chi connectivity index (χ2n) is 11.0. The van der Waals surface area contributed by atoms with Gasteiger partial charge in [0.25, 0.3) is 0 Å². The number of hydrogen-bond acceptors (Lipinski definition) is 4. The Morgan fingerprint density at radius 1 is 1.20 bits per heavy atom. The fraction of sp³-hybridized carbons (Fsp3) is 0.500. The second kappa shape index (κ2) is 10.1. The molecule has 2 N–H and O–H groups in total. The van der Waals surface area contributed by atoms with E-state index in [9.17, 15) is 15.2 Å². The van der Waals surface area contributed by atoms with Gasteiger partial charge in [0.2, 0.25) is 5.91 Å². The Kier molecular flexibility index (Phi) is 7.50. The van der Waals surface area contributed by atoms with Gasteiger partial charge in [0.1, 0.15) is 5.41 Å². The molecule has 1 amide bonds. The summed E-state index contributed by atoms with van der Waals surface area (Å²) in [5, 5.41) is 25.6. The number of aliphatic hydroxyl groups excluding tert-OH is 1. The largest absolute Gasteiger partial charge is 0.394 e. The maximum absolute atomic E-state index is 14.1. The highest BCUT2D eigenvalue weighted by Crippen LogP contribution is 2.52. The molecule has 35 heavy (non-hydrogen) atoms. The Bertz CT molecular complexity index is 1110. The van der Waals surface area contributed by atoms with Crippen molar-refractivity contribution in [1.82, 2.24) is 10.2 Å².